The minimum absolute atomic E-state index is 0.0719. The largest absolute Gasteiger partial charge is 0.756 e. The van der Waals surface area contributed by atoms with E-state index < -0.39 is 88.0 Å². The molecular weight excluding hydrogens is 694 g/mol. The fourth-order valence-corrected chi connectivity index (χ4v) is 8.61. The fraction of sp³-hybridized carbons (Fsp3) is 0.524. The lowest BCUT2D eigenvalue weighted by Crippen LogP contribution is -2.40. The number of phosphoric acid groups is 1. The van der Waals surface area contributed by atoms with Gasteiger partial charge in [0.2, 0.25) is 11.9 Å². The van der Waals surface area contributed by atoms with Crippen LogP contribution >= 0.6 is 26.0 Å². The highest BCUT2D eigenvalue weighted by Gasteiger charge is 2.53. The van der Waals surface area contributed by atoms with Gasteiger partial charge in [-0.3, -0.25) is 42.3 Å². The van der Waals surface area contributed by atoms with Crippen molar-refractivity contribution in [2.75, 3.05) is 30.9 Å². The first-order valence-electron chi connectivity index (χ1n) is 13.5. The van der Waals surface area contributed by atoms with Crippen molar-refractivity contribution < 1.29 is 51.8 Å². The average molecular weight is 720 g/mol. The van der Waals surface area contributed by atoms with Gasteiger partial charge in [0.25, 0.3) is 18.9 Å². The smallest absolute Gasteiger partial charge is 0.389 e. The molecule has 4 aromatic rings. The van der Waals surface area contributed by atoms with E-state index in [2.05, 4.69) is 29.9 Å². The molecule has 254 valence electrons. The number of nitrogens with one attached hydrogen (secondary N) is 2. The summed E-state index contributed by atoms with van der Waals surface area (Å²) in [5.74, 6) is -0.509. The van der Waals surface area contributed by atoms with E-state index in [-0.39, 0.29) is 34.2 Å². The van der Waals surface area contributed by atoms with Gasteiger partial charge in [-0.15, -0.1) is 0 Å². The number of nitrogen functional groups attached to an aromatic ring is 2. The summed E-state index contributed by atoms with van der Waals surface area (Å²) < 4.78 is 62.7. The Hall–Kier alpha value is -3.25. The lowest BCUT2D eigenvalue weighted by Gasteiger charge is -2.32. The summed E-state index contributed by atoms with van der Waals surface area (Å²) in [5, 5.41) is 22.5. The molecule has 7 heterocycles. The Morgan fingerprint density at radius 1 is 0.872 bits per heavy atom. The molecule has 3 aliphatic rings. The van der Waals surface area contributed by atoms with Crippen LogP contribution in [0.15, 0.2) is 22.2 Å². The molecule has 0 saturated carbocycles. The van der Waals surface area contributed by atoms with Gasteiger partial charge >= 0.3 is 6.80 Å². The molecule has 47 heavy (non-hydrogen) atoms. The number of rotatable bonds is 3. The Morgan fingerprint density at radius 2 is 1.34 bits per heavy atom. The van der Waals surface area contributed by atoms with Crippen LogP contribution in [0.1, 0.15) is 12.5 Å². The molecule has 23 nitrogen and oxygen atoms in total. The van der Waals surface area contributed by atoms with E-state index in [1.54, 1.807) is 0 Å². The van der Waals surface area contributed by atoms with Gasteiger partial charge in [0.05, 0.1) is 25.9 Å². The summed E-state index contributed by atoms with van der Waals surface area (Å²) in [7, 11) is -5.30. The SMILES string of the molecule is CSP1(=O)OC[C@H]2O[C@@H](n3cnc4c(=O)[nH]c(N)nc43)[C@H](O)[C@@H]2OP(=O)([O-])OCC2O[C@@H](n3cnc4c(=O)[nH]c(N)nc43)[C@H](O)[C@@H]2O1. The first kappa shape index (κ1) is 32.3. The van der Waals surface area contributed by atoms with Crippen LogP contribution in [0, 0.1) is 0 Å². The number of hydrogen-bond acceptors (Lipinski definition) is 20. The van der Waals surface area contributed by atoms with E-state index in [1.165, 1.54) is 10.8 Å². The molecule has 0 amide bonds. The molecule has 0 aliphatic carbocycles. The zero-order valence-corrected chi connectivity index (χ0v) is 26.3. The van der Waals surface area contributed by atoms with Crippen molar-refractivity contribution in [3.63, 3.8) is 0 Å². The Balaban J connectivity index is 1.19. The predicted molar refractivity (Wildman–Crippen MR) is 155 cm³/mol. The van der Waals surface area contributed by atoms with Gasteiger partial charge < -0.3 is 45.1 Å². The van der Waals surface area contributed by atoms with Crippen LogP contribution in [0.25, 0.3) is 22.3 Å². The van der Waals surface area contributed by atoms with Crippen molar-refractivity contribution in [1.82, 2.24) is 39.0 Å². The molecule has 0 bridgehead atoms. The molecular formula is C21H25N10O13P2S-. The topological polar surface area (TPSA) is 332 Å². The van der Waals surface area contributed by atoms with Gasteiger partial charge in [-0.05, 0) is 17.6 Å². The molecule has 0 spiro atoms. The van der Waals surface area contributed by atoms with Crippen molar-refractivity contribution in [2.45, 2.75) is 49.1 Å². The van der Waals surface area contributed by atoms with E-state index in [0.717, 1.165) is 17.2 Å². The summed E-state index contributed by atoms with van der Waals surface area (Å²) in [6.07, 6.45) is -8.64. The summed E-state index contributed by atoms with van der Waals surface area (Å²) in [5.41, 5.74) is 9.55. The number of fused-ring (bicyclic) bond motifs is 4. The third-order valence-electron chi connectivity index (χ3n) is 7.59. The van der Waals surface area contributed by atoms with Crippen LogP contribution in [0.2, 0.25) is 0 Å². The zero-order chi connectivity index (χ0) is 33.4. The first-order valence-corrected chi connectivity index (χ1v) is 18.4. The van der Waals surface area contributed by atoms with E-state index in [1.807, 2.05) is 0 Å². The van der Waals surface area contributed by atoms with Gasteiger partial charge in [-0.2, -0.15) is 9.97 Å². The Bertz CT molecular complexity index is 2070. The summed E-state index contributed by atoms with van der Waals surface area (Å²) in [4.78, 5) is 58.2. The highest BCUT2D eigenvalue weighted by atomic mass is 32.7. The van der Waals surface area contributed by atoms with Crippen LogP contribution in [-0.4, -0.2) is 105 Å². The normalized spacial score (nSPS) is 36.6. The Kier molecular flexibility index (Phi) is 8.05. The molecule has 4 aromatic heterocycles. The molecule has 3 saturated heterocycles. The minimum Gasteiger partial charge on any atom is -0.756 e. The number of aromatic amines is 2. The molecule has 26 heteroatoms. The second kappa shape index (κ2) is 11.7. The minimum atomic E-state index is -5.30. The van der Waals surface area contributed by atoms with E-state index in [9.17, 15) is 33.8 Å². The zero-order valence-electron chi connectivity index (χ0n) is 23.7. The highest BCUT2D eigenvalue weighted by Crippen LogP contribution is 2.62. The molecule has 7 rings (SSSR count). The second-order valence-electron chi connectivity index (χ2n) is 10.5. The van der Waals surface area contributed by atoms with Gasteiger partial charge in [0.1, 0.15) is 36.6 Å². The summed E-state index contributed by atoms with van der Waals surface area (Å²) >= 11 is 0.651. The molecule has 3 aliphatic heterocycles. The molecule has 8 N–H and O–H groups in total. The maximum Gasteiger partial charge on any atom is 0.389 e. The van der Waals surface area contributed by atoms with Crippen molar-refractivity contribution in [1.29, 1.82) is 0 Å². The Morgan fingerprint density at radius 3 is 1.83 bits per heavy atom. The predicted octanol–water partition coefficient (Wildman–Crippen LogP) is -2.31. The number of nitrogens with two attached hydrogens (primary N) is 2. The van der Waals surface area contributed by atoms with E-state index in [0.29, 0.717) is 11.4 Å². The standard InChI is InChI=1S/C21H26N10O13P2S/c1-47-46(38)40-3-7-12(10(32)18(42-7)30-4-24-8-14(30)26-20(22)28-16(8)34)43-45(36,37)39-2-6-13(44-46)11(33)19(41-6)31-5-25-9-15(31)27-21(23)29-17(9)35/h4-7,10-13,18-19,32-33H,2-3H2,1H3,(H,36,37)(H3,22,26,28,34)(H3,23,27,29,35)/p-1/t6?,7-,10-,11-,12-,13-,18-,19-,46?/m1/s1. The quantitative estimate of drug-likeness (QED) is 0.121. The molecule has 10 atom stereocenters. The van der Waals surface area contributed by atoms with Crippen molar-refractivity contribution in [3.8, 4) is 0 Å². The number of ether oxygens (including phenoxy) is 2. The number of anilines is 2. The molecule has 3 unspecified atom stereocenters. The number of H-pyrrole nitrogens is 2. The number of nitrogens with zero attached hydrogens (tertiary/aromatic N) is 6. The number of phosphoric ester groups is 1. The maximum atomic E-state index is 13.8. The second-order valence-corrected chi connectivity index (χ2v) is 16.0. The number of aliphatic hydroxyl groups is 2. The first-order chi connectivity index (χ1) is 22.3. The summed E-state index contributed by atoms with van der Waals surface area (Å²) in [6.45, 7) is -5.69. The van der Waals surface area contributed by atoms with Crippen LogP contribution in [0.3, 0.4) is 0 Å². The van der Waals surface area contributed by atoms with Crippen molar-refractivity contribution in [3.05, 3.63) is 33.4 Å². The van der Waals surface area contributed by atoms with Crippen LogP contribution in [-0.2, 0) is 36.7 Å². The molecule has 3 fully saturated rings. The van der Waals surface area contributed by atoms with Crippen LogP contribution in [0.4, 0.5) is 11.9 Å². The van der Waals surface area contributed by atoms with Crippen molar-refractivity contribution >= 4 is 60.2 Å². The van der Waals surface area contributed by atoms with Gasteiger partial charge in [0.15, 0.2) is 34.8 Å². The highest BCUT2D eigenvalue weighted by molar-refractivity contribution is 8.54. The van der Waals surface area contributed by atoms with Crippen molar-refractivity contribution in [2.24, 2.45) is 0 Å². The lowest BCUT2D eigenvalue weighted by molar-refractivity contribution is -0.236. The molecule has 0 radical (unpaired) electrons. The fourth-order valence-electron chi connectivity index (χ4n) is 5.47. The van der Waals surface area contributed by atoms with Gasteiger partial charge in [-0.25, -0.2) is 14.5 Å². The third-order valence-corrected chi connectivity index (χ3v) is 11.9. The van der Waals surface area contributed by atoms with E-state index >= 15 is 0 Å². The maximum absolute atomic E-state index is 13.8. The molecule has 0 aromatic carbocycles. The Labute approximate surface area is 264 Å². The van der Waals surface area contributed by atoms with Crippen LogP contribution in [0.5, 0.6) is 0 Å². The monoisotopic (exact) mass is 719 g/mol. The lowest BCUT2D eigenvalue weighted by atomic mass is 10.1. The number of aromatic nitrogens is 8. The third kappa shape index (κ3) is 5.68. The average Bonchev–Trinajstić information content (AvgIpc) is 3.76. The van der Waals surface area contributed by atoms with Crippen LogP contribution < -0.4 is 27.5 Å². The number of imidazole rings is 2. The number of hydrogen-bond donors (Lipinski definition) is 6. The summed E-state index contributed by atoms with van der Waals surface area (Å²) in [6, 6.07) is 0. The van der Waals surface area contributed by atoms with Gasteiger partial charge in [-0.1, -0.05) is 0 Å². The van der Waals surface area contributed by atoms with E-state index in [4.69, 9.17) is 39.0 Å². The van der Waals surface area contributed by atoms with Gasteiger partial charge in [0, 0.05) is 0 Å². The number of aliphatic hydroxyl groups excluding tert-OH is 2.